The molecule has 25 heavy (non-hydrogen) atoms. The van der Waals surface area contributed by atoms with Gasteiger partial charge < -0.3 is 4.57 Å². The van der Waals surface area contributed by atoms with Crippen LogP contribution in [-0.4, -0.2) is 16.7 Å². The lowest BCUT2D eigenvalue weighted by Crippen LogP contribution is -2.20. The summed E-state index contributed by atoms with van der Waals surface area (Å²) in [5, 5.41) is 5.31. The van der Waals surface area contributed by atoms with Gasteiger partial charge in [-0.15, -0.1) is 0 Å². The normalized spacial score (nSPS) is 11.4. The van der Waals surface area contributed by atoms with E-state index in [1.54, 1.807) is 6.21 Å². The van der Waals surface area contributed by atoms with E-state index in [0.29, 0.717) is 6.42 Å². The van der Waals surface area contributed by atoms with Crippen LogP contribution in [0, 0.1) is 20.8 Å². The summed E-state index contributed by atoms with van der Waals surface area (Å²) in [6.45, 7) is 6.13. The van der Waals surface area contributed by atoms with Crippen LogP contribution >= 0.6 is 0 Å². The van der Waals surface area contributed by atoms with E-state index in [2.05, 4.69) is 40.2 Å². The lowest BCUT2D eigenvalue weighted by atomic mass is 10.0. The summed E-state index contributed by atoms with van der Waals surface area (Å²) in [6.07, 6.45) is 2.07. The standard InChI is InChI=1S/C21H23N3O/c1-14-9-10-17(15(2)11-14)12-21(25)23-22-13-19-16(3)24(4)20-8-6-5-7-18(19)20/h5-11,13H,12H2,1-4H3,(H,23,25)/b22-13-. The number of benzene rings is 2. The summed E-state index contributed by atoms with van der Waals surface area (Å²) in [4.78, 5) is 12.2. The van der Waals surface area contributed by atoms with Gasteiger partial charge in [-0.3, -0.25) is 4.79 Å². The Labute approximate surface area is 148 Å². The Kier molecular flexibility index (Phi) is 4.70. The molecule has 0 aliphatic carbocycles. The lowest BCUT2D eigenvalue weighted by Gasteiger charge is -2.05. The van der Waals surface area contributed by atoms with Gasteiger partial charge in [-0.05, 0) is 38.0 Å². The fourth-order valence-corrected chi connectivity index (χ4v) is 3.14. The number of carbonyl (C=O) groups excluding carboxylic acids is 1. The maximum Gasteiger partial charge on any atom is 0.244 e. The Morgan fingerprint density at radius 1 is 1.16 bits per heavy atom. The summed E-state index contributed by atoms with van der Waals surface area (Å²) in [7, 11) is 2.04. The van der Waals surface area contributed by atoms with E-state index in [-0.39, 0.29) is 5.91 Å². The molecule has 1 heterocycles. The SMILES string of the molecule is Cc1ccc(CC(=O)N/N=C\c2c(C)n(C)c3ccccc23)c(C)c1. The van der Waals surface area contributed by atoms with Crippen LogP contribution < -0.4 is 5.43 Å². The second kappa shape index (κ2) is 6.93. The number of nitrogens with zero attached hydrogens (tertiary/aromatic N) is 2. The van der Waals surface area contributed by atoms with Gasteiger partial charge in [0.2, 0.25) is 5.91 Å². The van der Waals surface area contributed by atoms with E-state index in [4.69, 9.17) is 0 Å². The van der Waals surface area contributed by atoms with Crippen LogP contribution in [0.5, 0.6) is 0 Å². The van der Waals surface area contributed by atoms with Crippen molar-refractivity contribution in [1.29, 1.82) is 0 Å². The zero-order valence-corrected chi connectivity index (χ0v) is 15.1. The smallest absolute Gasteiger partial charge is 0.244 e. The first kappa shape index (κ1) is 17.0. The first-order valence-electron chi connectivity index (χ1n) is 8.39. The second-order valence-electron chi connectivity index (χ2n) is 6.48. The third-order valence-electron chi connectivity index (χ3n) is 4.68. The summed E-state index contributed by atoms with van der Waals surface area (Å²) in [5.74, 6) is -0.110. The molecule has 4 heteroatoms. The van der Waals surface area contributed by atoms with Gasteiger partial charge in [0.05, 0.1) is 12.6 Å². The van der Waals surface area contributed by atoms with Crippen molar-refractivity contribution in [3.8, 4) is 0 Å². The molecule has 1 N–H and O–H groups in total. The predicted molar refractivity (Wildman–Crippen MR) is 103 cm³/mol. The number of hydrogen-bond acceptors (Lipinski definition) is 2. The van der Waals surface area contributed by atoms with Crippen LogP contribution in [0.25, 0.3) is 10.9 Å². The van der Waals surface area contributed by atoms with Crippen LogP contribution in [0.15, 0.2) is 47.6 Å². The zero-order valence-electron chi connectivity index (χ0n) is 15.1. The molecule has 128 valence electrons. The van der Waals surface area contributed by atoms with E-state index in [9.17, 15) is 4.79 Å². The van der Waals surface area contributed by atoms with Crippen molar-refractivity contribution in [2.75, 3.05) is 0 Å². The summed E-state index contributed by atoms with van der Waals surface area (Å²) in [6, 6.07) is 14.3. The number of rotatable bonds is 4. The monoisotopic (exact) mass is 333 g/mol. The van der Waals surface area contributed by atoms with Gasteiger partial charge in [0.15, 0.2) is 0 Å². The minimum Gasteiger partial charge on any atom is -0.347 e. The van der Waals surface area contributed by atoms with Crippen molar-refractivity contribution in [1.82, 2.24) is 9.99 Å². The minimum atomic E-state index is -0.110. The third-order valence-corrected chi connectivity index (χ3v) is 4.68. The molecular formula is C21H23N3O. The van der Waals surface area contributed by atoms with Crippen molar-refractivity contribution in [3.63, 3.8) is 0 Å². The average molecular weight is 333 g/mol. The fraction of sp³-hybridized carbons (Fsp3) is 0.238. The maximum atomic E-state index is 12.2. The van der Waals surface area contributed by atoms with Gasteiger partial charge in [-0.2, -0.15) is 5.10 Å². The zero-order chi connectivity index (χ0) is 18.0. The van der Waals surface area contributed by atoms with Crippen molar-refractivity contribution in [2.45, 2.75) is 27.2 Å². The number of para-hydroxylation sites is 1. The molecule has 0 aliphatic rings. The summed E-state index contributed by atoms with van der Waals surface area (Å²) >= 11 is 0. The highest BCUT2D eigenvalue weighted by Gasteiger charge is 2.10. The van der Waals surface area contributed by atoms with E-state index in [1.165, 1.54) is 5.56 Å². The third kappa shape index (κ3) is 3.48. The number of aromatic nitrogens is 1. The van der Waals surface area contributed by atoms with E-state index in [1.807, 2.05) is 45.2 Å². The Balaban J connectivity index is 1.73. The quantitative estimate of drug-likeness (QED) is 0.573. The molecule has 0 aliphatic heterocycles. The summed E-state index contributed by atoms with van der Waals surface area (Å²) in [5.41, 5.74) is 9.31. The van der Waals surface area contributed by atoms with Crippen LogP contribution in [0.1, 0.15) is 27.9 Å². The van der Waals surface area contributed by atoms with Crippen LogP contribution in [0.2, 0.25) is 0 Å². The fourth-order valence-electron chi connectivity index (χ4n) is 3.14. The van der Waals surface area contributed by atoms with Crippen LogP contribution in [0.3, 0.4) is 0 Å². The molecule has 0 spiro atoms. The highest BCUT2D eigenvalue weighted by molar-refractivity contribution is 6.01. The minimum absolute atomic E-state index is 0.110. The number of carbonyl (C=O) groups is 1. The Morgan fingerprint density at radius 2 is 1.92 bits per heavy atom. The second-order valence-corrected chi connectivity index (χ2v) is 6.48. The number of hydrogen-bond donors (Lipinski definition) is 1. The van der Waals surface area contributed by atoms with Crippen molar-refractivity contribution < 1.29 is 4.79 Å². The number of amides is 1. The molecule has 0 bridgehead atoms. The predicted octanol–water partition coefficient (Wildman–Crippen LogP) is 3.80. The van der Waals surface area contributed by atoms with Gasteiger partial charge in [0.1, 0.15) is 0 Å². The molecule has 1 aromatic heterocycles. The molecule has 0 saturated carbocycles. The highest BCUT2D eigenvalue weighted by Crippen LogP contribution is 2.22. The molecule has 0 unspecified atom stereocenters. The van der Waals surface area contributed by atoms with Crippen molar-refractivity contribution in [2.24, 2.45) is 12.1 Å². The molecule has 3 aromatic rings. The van der Waals surface area contributed by atoms with E-state index in [0.717, 1.165) is 33.3 Å². The van der Waals surface area contributed by atoms with Crippen LogP contribution in [-0.2, 0) is 18.3 Å². The molecule has 4 nitrogen and oxygen atoms in total. The van der Waals surface area contributed by atoms with E-state index < -0.39 is 0 Å². The topological polar surface area (TPSA) is 46.4 Å². The first-order chi connectivity index (χ1) is 12.0. The van der Waals surface area contributed by atoms with Crippen molar-refractivity contribution >= 4 is 23.0 Å². The molecule has 1 amide bonds. The number of nitrogens with one attached hydrogen (secondary N) is 1. The van der Waals surface area contributed by atoms with E-state index >= 15 is 0 Å². The molecule has 2 aromatic carbocycles. The van der Waals surface area contributed by atoms with Gasteiger partial charge in [0.25, 0.3) is 0 Å². The van der Waals surface area contributed by atoms with Gasteiger partial charge in [-0.1, -0.05) is 42.0 Å². The number of hydrazone groups is 1. The Hall–Kier alpha value is -2.88. The van der Waals surface area contributed by atoms with Gasteiger partial charge in [-0.25, -0.2) is 5.43 Å². The number of aryl methyl sites for hydroxylation is 3. The molecule has 3 rings (SSSR count). The molecular weight excluding hydrogens is 310 g/mol. The largest absolute Gasteiger partial charge is 0.347 e. The first-order valence-corrected chi connectivity index (χ1v) is 8.39. The Morgan fingerprint density at radius 3 is 2.68 bits per heavy atom. The lowest BCUT2D eigenvalue weighted by molar-refractivity contribution is -0.120. The average Bonchev–Trinajstić information content (AvgIpc) is 2.83. The molecule has 0 saturated heterocycles. The van der Waals surface area contributed by atoms with Gasteiger partial charge >= 0.3 is 0 Å². The maximum absolute atomic E-state index is 12.2. The van der Waals surface area contributed by atoms with Crippen LogP contribution in [0.4, 0.5) is 0 Å². The molecule has 0 fully saturated rings. The summed E-state index contributed by atoms with van der Waals surface area (Å²) < 4.78 is 2.13. The molecule has 0 radical (unpaired) electrons. The Bertz CT molecular complexity index is 967. The van der Waals surface area contributed by atoms with Gasteiger partial charge in [0, 0.05) is 29.2 Å². The molecule has 0 atom stereocenters. The number of fused-ring (bicyclic) bond motifs is 1. The highest BCUT2D eigenvalue weighted by atomic mass is 16.2. The van der Waals surface area contributed by atoms with Crippen molar-refractivity contribution in [3.05, 3.63) is 70.4 Å².